The third-order valence-electron chi connectivity index (χ3n) is 5.98. The van der Waals surface area contributed by atoms with Gasteiger partial charge in [0.25, 0.3) is 5.91 Å². The summed E-state index contributed by atoms with van der Waals surface area (Å²) in [5.74, 6) is 0.327. The van der Waals surface area contributed by atoms with Crippen LogP contribution in [0.4, 0.5) is 0 Å². The largest absolute Gasteiger partial charge is 0.372 e. The second kappa shape index (κ2) is 8.16. The van der Waals surface area contributed by atoms with Gasteiger partial charge in [-0.25, -0.2) is 0 Å². The predicted molar refractivity (Wildman–Crippen MR) is 98.5 cm³/mol. The Kier molecular flexibility index (Phi) is 5.91. The topological polar surface area (TPSA) is 62.7 Å². The van der Waals surface area contributed by atoms with Crippen LogP contribution in [0, 0.1) is 5.41 Å². The van der Waals surface area contributed by atoms with Gasteiger partial charge in [0.1, 0.15) is 6.10 Å². The summed E-state index contributed by atoms with van der Waals surface area (Å²) in [4.78, 5) is 32.8. The molecule has 6 heteroatoms. The number of aromatic nitrogens is 1. The maximum Gasteiger partial charge on any atom is 0.251 e. The van der Waals surface area contributed by atoms with E-state index in [4.69, 9.17) is 4.74 Å². The van der Waals surface area contributed by atoms with Gasteiger partial charge in [-0.1, -0.05) is 6.07 Å². The first-order chi connectivity index (χ1) is 12.5. The van der Waals surface area contributed by atoms with Gasteiger partial charge in [0, 0.05) is 52.1 Å². The van der Waals surface area contributed by atoms with Crippen molar-refractivity contribution in [2.24, 2.45) is 5.41 Å². The Morgan fingerprint density at radius 1 is 1.35 bits per heavy atom. The van der Waals surface area contributed by atoms with Crippen molar-refractivity contribution in [2.45, 2.75) is 45.1 Å². The van der Waals surface area contributed by atoms with Crippen molar-refractivity contribution in [1.29, 1.82) is 0 Å². The lowest BCUT2D eigenvalue weighted by atomic mass is 9.72. The zero-order chi connectivity index (χ0) is 18.6. The fourth-order valence-electron chi connectivity index (χ4n) is 4.08. The number of likely N-dealkylation sites (tertiary alicyclic amines) is 2. The number of methoxy groups -OCH3 is 1. The molecule has 0 N–H and O–H groups in total. The Morgan fingerprint density at radius 3 is 2.77 bits per heavy atom. The monoisotopic (exact) mass is 359 g/mol. The van der Waals surface area contributed by atoms with Crippen LogP contribution in [0.1, 0.15) is 38.2 Å². The normalized spacial score (nSPS) is 21.1. The first-order valence-corrected chi connectivity index (χ1v) is 9.51. The molecule has 1 aromatic rings. The number of carbonyl (C=O) groups excluding carboxylic acids is 2. The van der Waals surface area contributed by atoms with Crippen LogP contribution in [0.3, 0.4) is 0 Å². The number of piperidine rings is 2. The van der Waals surface area contributed by atoms with Crippen LogP contribution < -0.4 is 0 Å². The average molecular weight is 359 g/mol. The lowest BCUT2D eigenvalue weighted by Crippen LogP contribution is -2.53. The molecule has 2 amide bonds. The van der Waals surface area contributed by atoms with E-state index in [0.29, 0.717) is 6.42 Å². The molecule has 2 saturated heterocycles. The third-order valence-corrected chi connectivity index (χ3v) is 5.98. The van der Waals surface area contributed by atoms with E-state index >= 15 is 0 Å². The van der Waals surface area contributed by atoms with Crippen LogP contribution >= 0.6 is 0 Å². The average Bonchev–Trinajstić information content (AvgIpc) is 2.69. The van der Waals surface area contributed by atoms with Crippen LogP contribution in [0.5, 0.6) is 0 Å². The van der Waals surface area contributed by atoms with Gasteiger partial charge in [0.15, 0.2) is 0 Å². The minimum absolute atomic E-state index is 0.0719. The molecule has 1 aromatic heterocycles. The predicted octanol–water partition coefficient (Wildman–Crippen LogP) is 1.89. The van der Waals surface area contributed by atoms with E-state index in [-0.39, 0.29) is 23.3 Å². The molecule has 0 saturated carbocycles. The quantitative estimate of drug-likeness (QED) is 0.805. The lowest BCUT2D eigenvalue weighted by Gasteiger charge is -2.47. The summed E-state index contributed by atoms with van der Waals surface area (Å²) in [7, 11) is 1.57. The smallest absolute Gasteiger partial charge is 0.251 e. The molecule has 3 heterocycles. The van der Waals surface area contributed by atoms with Gasteiger partial charge in [0.2, 0.25) is 5.91 Å². The first-order valence-electron chi connectivity index (χ1n) is 9.51. The Labute approximate surface area is 155 Å². The second-order valence-corrected chi connectivity index (χ2v) is 7.63. The zero-order valence-electron chi connectivity index (χ0n) is 15.8. The number of nitrogens with zero attached hydrogens (tertiary/aromatic N) is 3. The Bertz CT molecular complexity index is 626. The van der Waals surface area contributed by atoms with Crippen LogP contribution in [-0.4, -0.2) is 66.0 Å². The molecule has 2 fully saturated rings. The summed E-state index contributed by atoms with van der Waals surface area (Å²) in [6, 6.07) is 3.99. The van der Waals surface area contributed by atoms with E-state index in [1.165, 1.54) is 0 Å². The number of ether oxygens (including phenoxy) is 1. The molecule has 0 aliphatic carbocycles. The van der Waals surface area contributed by atoms with Crippen LogP contribution in [-0.2, 0) is 20.7 Å². The van der Waals surface area contributed by atoms with Crippen molar-refractivity contribution in [3.63, 3.8) is 0 Å². The summed E-state index contributed by atoms with van der Waals surface area (Å²) in [5, 5.41) is 0. The summed E-state index contributed by atoms with van der Waals surface area (Å²) in [5.41, 5.74) is 1.32. The number of hydrogen-bond acceptors (Lipinski definition) is 4. The van der Waals surface area contributed by atoms with Crippen molar-refractivity contribution in [1.82, 2.24) is 14.8 Å². The molecule has 0 bridgehead atoms. The second-order valence-electron chi connectivity index (χ2n) is 7.63. The van der Waals surface area contributed by atoms with E-state index < -0.39 is 0 Å². The van der Waals surface area contributed by atoms with Crippen molar-refractivity contribution in [3.05, 3.63) is 30.1 Å². The number of amides is 2. The number of rotatable bonds is 5. The molecular formula is C20H29N3O3. The molecule has 1 unspecified atom stereocenters. The SMILES string of the molecule is COC(C)C(=O)N1CCC2(CCC(=O)N(CCc3cccnc3)C2)CC1. The minimum atomic E-state index is -0.382. The molecule has 142 valence electrons. The van der Waals surface area contributed by atoms with Crippen molar-refractivity contribution < 1.29 is 14.3 Å². The van der Waals surface area contributed by atoms with Gasteiger partial charge in [-0.15, -0.1) is 0 Å². The molecule has 2 aliphatic rings. The van der Waals surface area contributed by atoms with Gasteiger partial charge >= 0.3 is 0 Å². The van der Waals surface area contributed by atoms with E-state index in [2.05, 4.69) is 11.1 Å². The summed E-state index contributed by atoms with van der Waals surface area (Å²) < 4.78 is 5.16. The molecule has 0 radical (unpaired) electrons. The maximum absolute atomic E-state index is 12.4. The third kappa shape index (κ3) is 4.23. The lowest BCUT2D eigenvalue weighted by molar-refractivity contribution is -0.147. The van der Waals surface area contributed by atoms with E-state index in [9.17, 15) is 9.59 Å². The maximum atomic E-state index is 12.4. The zero-order valence-corrected chi connectivity index (χ0v) is 15.8. The molecule has 0 aromatic carbocycles. The van der Waals surface area contributed by atoms with Crippen molar-refractivity contribution >= 4 is 11.8 Å². The Hall–Kier alpha value is -1.95. The fraction of sp³-hybridized carbons (Fsp3) is 0.650. The molecule has 6 nitrogen and oxygen atoms in total. The first kappa shape index (κ1) is 18.8. The van der Waals surface area contributed by atoms with E-state index in [1.807, 2.05) is 22.1 Å². The highest BCUT2D eigenvalue weighted by Gasteiger charge is 2.41. The summed E-state index contributed by atoms with van der Waals surface area (Å²) >= 11 is 0. The Balaban J connectivity index is 1.56. The van der Waals surface area contributed by atoms with Crippen LogP contribution in [0.2, 0.25) is 0 Å². The van der Waals surface area contributed by atoms with E-state index in [0.717, 1.165) is 57.4 Å². The molecule has 1 spiro atoms. The molecule has 1 atom stereocenters. The Morgan fingerprint density at radius 2 is 2.12 bits per heavy atom. The van der Waals surface area contributed by atoms with Crippen molar-refractivity contribution in [3.8, 4) is 0 Å². The molecular weight excluding hydrogens is 330 g/mol. The van der Waals surface area contributed by atoms with Gasteiger partial charge in [-0.3, -0.25) is 14.6 Å². The standard InChI is InChI=1S/C20H29N3O3/c1-16(26-2)19(25)22-12-8-20(9-13-22)7-5-18(24)23(15-20)11-6-17-4-3-10-21-14-17/h3-4,10,14,16H,5-9,11-13,15H2,1-2H3. The minimum Gasteiger partial charge on any atom is -0.372 e. The number of hydrogen-bond donors (Lipinski definition) is 0. The van der Waals surface area contributed by atoms with E-state index in [1.54, 1.807) is 20.2 Å². The van der Waals surface area contributed by atoms with Crippen LogP contribution in [0.25, 0.3) is 0 Å². The highest BCUT2D eigenvalue weighted by molar-refractivity contribution is 5.80. The molecule has 26 heavy (non-hydrogen) atoms. The highest BCUT2D eigenvalue weighted by atomic mass is 16.5. The number of pyridine rings is 1. The summed E-state index contributed by atoms with van der Waals surface area (Å²) in [6.45, 7) is 4.88. The van der Waals surface area contributed by atoms with Gasteiger partial charge in [0.05, 0.1) is 0 Å². The summed E-state index contributed by atoms with van der Waals surface area (Å²) in [6.07, 6.45) is 7.58. The van der Waals surface area contributed by atoms with Crippen LogP contribution in [0.15, 0.2) is 24.5 Å². The number of carbonyl (C=O) groups is 2. The van der Waals surface area contributed by atoms with Gasteiger partial charge in [-0.05, 0) is 49.7 Å². The fourth-order valence-corrected chi connectivity index (χ4v) is 4.08. The van der Waals surface area contributed by atoms with Crippen molar-refractivity contribution in [2.75, 3.05) is 33.3 Å². The molecule has 3 rings (SSSR count). The van der Waals surface area contributed by atoms with Gasteiger partial charge < -0.3 is 14.5 Å². The molecule has 2 aliphatic heterocycles. The van der Waals surface area contributed by atoms with Gasteiger partial charge in [-0.2, -0.15) is 0 Å². The highest BCUT2D eigenvalue weighted by Crippen LogP contribution is 2.40.